The van der Waals surface area contributed by atoms with Gasteiger partial charge in [0, 0.05) is 17.1 Å². The van der Waals surface area contributed by atoms with Gasteiger partial charge in [-0.3, -0.25) is 0 Å². The van der Waals surface area contributed by atoms with Gasteiger partial charge >= 0.3 is 0 Å². The first-order chi connectivity index (χ1) is 9.06. The Labute approximate surface area is 122 Å². The Hall–Kier alpha value is -1.19. The molecule has 0 amide bonds. The minimum absolute atomic E-state index is 0.195. The van der Waals surface area contributed by atoms with E-state index < -0.39 is 0 Å². The molecule has 0 saturated carbocycles. The maximum Gasteiger partial charge on any atom is 0.123 e. The third-order valence-corrected chi connectivity index (χ3v) is 4.07. The fourth-order valence-corrected chi connectivity index (χ4v) is 2.31. The Kier molecular flexibility index (Phi) is 4.72. The highest BCUT2D eigenvalue weighted by Crippen LogP contribution is 2.18. The van der Waals surface area contributed by atoms with E-state index >= 15 is 0 Å². The highest BCUT2D eigenvalue weighted by atomic mass is 79.9. The van der Waals surface area contributed by atoms with Gasteiger partial charge in [-0.15, -0.1) is 0 Å². The van der Waals surface area contributed by atoms with Crippen LogP contribution in [0.1, 0.15) is 29.7 Å². The van der Waals surface area contributed by atoms with Gasteiger partial charge in [0.25, 0.3) is 0 Å². The van der Waals surface area contributed by atoms with Gasteiger partial charge < -0.3 is 5.32 Å². The first-order valence-corrected chi connectivity index (χ1v) is 7.09. The molecule has 100 valence electrons. The maximum absolute atomic E-state index is 12.9. The van der Waals surface area contributed by atoms with E-state index in [9.17, 15) is 4.39 Å². The number of hydrogen-bond donors (Lipinski definition) is 1. The molecule has 2 aromatic rings. The monoisotopic (exact) mass is 321 g/mol. The molecule has 0 aliphatic heterocycles. The lowest BCUT2D eigenvalue weighted by Crippen LogP contribution is -2.18. The quantitative estimate of drug-likeness (QED) is 0.857. The van der Waals surface area contributed by atoms with E-state index in [4.69, 9.17) is 0 Å². The van der Waals surface area contributed by atoms with Crippen LogP contribution in [0.25, 0.3) is 0 Å². The normalized spacial score (nSPS) is 12.4. The number of rotatable bonds is 4. The van der Waals surface area contributed by atoms with E-state index in [1.807, 2.05) is 12.1 Å². The first kappa shape index (κ1) is 14.2. The van der Waals surface area contributed by atoms with E-state index in [0.29, 0.717) is 0 Å². The minimum atomic E-state index is -0.196. The molecule has 0 radical (unpaired) electrons. The van der Waals surface area contributed by atoms with Crippen molar-refractivity contribution in [3.8, 4) is 0 Å². The van der Waals surface area contributed by atoms with Crippen LogP contribution in [0, 0.1) is 12.7 Å². The predicted octanol–water partition coefficient (Wildman–Crippen LogP) is 4.75. The van der Waals surface area contributed by atoms with Gasteiger partial charge in [-0.1, -0.05) is 40.2 Å². The van der Waals surface area contributed by atoms with Gasteiger partial charge in [0.15, 0.2) is 0 Å². The Morgan fingerprint density at radius 2 is 1.84 bits per heavy atom. The second kappa shape index (κ2) is 6.31. The molecular weight excluding hydrogens is 305 g/mol. The molecule has 0 bridgehead atoms. The zero-order chi connectivity index (χ0) is 13.8. The van der Waals surface area contributed by atoms with Crippen molar-refractivity contribution >= 4 is 15.9 Å². The molecule has 0 heterocycles. The van der Waals surface area contributed by atoms with Gasteiger partial charge in [0.1, 0.15) is 5.82 Å². The summed E-state index contributed by atoms with van der Waals surface area (Å²) in [6.07, 6.45) is 0. The van der Waals surface area contributed by atoms with Crippen LogP contribution in [0.15, 0.2) is 46.9 Å². The van der Waals surface area contributed by atoms with Crippen LogP contribution in [0.3, 0.4) is 0 Å². The molecule has 0 aliphatic rings. The van der Waals surface area contributed by atoms with Crippen LogP contribution in [-0.4, -0.2) is 0 Å². The van der Waals surface area contributed by atoms with Crippen molar-refractivity contribution in [2.45, 2.75) is 26.4 Å². The van der Waals surface area contributed by atoms with Gasteiger partial charge in [-0.2, -0.15) is 0 Å². The third-order valence-electron chi connectivity index (χ3n) is 3.22. The number of halogens is 2. The fraction of sp³-hybridized carbons (Fsp3) is 0.250. The Bertz CT molecular complexity index is 551. The van der Waals surface area contributed by atoms with E-state index in [0.717, 1.165) is 16.6 Å². The van der Waals surface area contributed by atoms with Crippen molar-refractivity contribution in [2.75, 3.05) is 0 Å². The summed E-state index contributed by atoms with van der Waals surface area (Å²) < 4.78 is 14.0. The Balaban J connectivity index is 1.98. The summed E-state index contributed by atoms with van der Waals surface area (Å²) in [5, 5.41) is 3.44. The zero-order valence-corrected chi connectivity index (χ0v) is 12.7. The number of nitrogens with one attached hydrogen (secondary N) is 1. The molecule has 3 heteroatoms. The van der Waals surface area contributed by atoms with Crippen LogP contribution in [0.5, 0.6) is 0 Å². The number of hydrogen-bond acceptors (Lipinski definition) is 1. The topological polar surface area (TPSA) is 12.0 Å². The van der Waals surface area contributed by atoms with Crippen LogP contribution < -0.4 is 5.32 Å². The lowest BCUT2D eigenvalue weighted by atomic mass is 10.1. The molecule has 0 aromatic heterocycles. The molecule has 0 spiro atoms. The SMILES string of the molecule is Cc1ccc(CNC(C)c2ccc(F)cc2)cc1Br. The molecule has 1 nitrogen and oxygen atoms in total. The summed E-state index contributed by atoms with van der Waals surface area (Å²) in [6, 6.07) is 13.2. The highest BCUT2D eigenvalue weighted by molar-refractivity contribution is 9.10. The van der Waals surface area contributed by atoms with Gasteiger partial charge in [-0.05, 0) is 48.7 Å². The molecule has 0 aliphatic carbocycles. The minimum Gasteiger partial charge on any atom is -0.306 e. The molecule has 1 unspecified atom stereocenters. The van der Waals surface area contributed by atoms with Crippen LogP contribution in [-0.2, 0) is 6.54 Å². The zero-order valence-electron chi connectivity index (χ0n) is 11.1. The Morgan fingerprint density at radius 3 is 2.47 bits per heavy atom. The maximum atomic E-state index is 12.9. The van der Waals surface area contributed by atoms with Gasteiger partial charge in [0.2, 0.25) is 0 Å². The average Bonchev–Trinajstić information content (AvgIpc) is 2.40. The van der Waals surface area contributed by atoms with Crippen molar-refractivity contribution in [3.05, 3.63) is 69.4 Å². The summed E-state index contributed by atoms with van der Waals surface area (Å²) in [7, 11) is 0. The molecule has 0 saturated heterocycles. The number of aryl methyl sites for hydroxylation is 1. The standard InChI is InChI=1S/C16H17BrFN/c1-11-3-4-13(9-16(11)17)10-19-12(2)14-5-7-15(18)8-6-14/h3-9,12,19H,10H2,1-2H3. The molecule has 1 atom stereocenters. The largest absolute Gasteiger partial charge is 0.306 e. The predicted molar refractivity (Wildman–Crippen MR) is 80.5 cm³/mol. The van der Waals surface area contributed by atoms with E-state index in [1.54, 1.807) is 0 Å². The molecular formula is C16H17BrFN. The Morgan fingerprint density at radius 1 is 1.16 bits per heavy atom. The average molecular weight is 322 g/mol. The summed E-state index contributed by atoms with van der Waals surface area (Å²) in [6.45, 7) is 4.94. The third kappa shape index (κ3) is 3.88. The van der Waals surface area contributed by atoms with E-state index in [1.165, 1.54) is 23.3 Å². The summed E-state index contributed by atoms with van der Waals surface area (Å²) in [5.74, 6) is -0.196. The van der Waals surface area contributed by atoms with Crippen molar-refractivity contribution in [2.24, 2.45) is 0 Å². The van der Waals surface area contributed by atoms with E-state index in [-0.39, 0.29) is 11.9 Å². The van der Waals surface area contributed by atoms with E-state index in [2.05, 4.69) is 53.3 Å². The number of benzene rings is 2. The van der Waals surface area contributed by atoms with Crippen molar-refractivity contribution in [1.82, 2.24) is 5.32 Å². The van der Waals surface area contributed by atoms with Crippen molar-refractivity contribution in [3.63, 3.8) is 0 Å². The first-order valence-electron chi connectivity index (χ1n) is 6.30. The van der Waals surface area contributed by atoms with Crippen molar-refractivity contribution < 1.29 is 4.39 Å². The molecule has 0 fully saturated rings. The molecule has 2 aromatic carbocycles. The summed E-state index contributed by atoms with van der Waals surface area (Å²) in [4.78, 5) is 0. The lowest BCUT2D eigenvalue weighted by molar-refractivity contribution is 0.571. The lowest BCUT2D eigenvalue weighted by Gasteiger charge is -2.14. The second-order valence-electron chi connectivity index (χ2n) is 4.74. The van der Waals surface area contributed by atoms with Crippen LogP contribution in [0.2, 0.25) is 0 Å². The van der Waals surface area contributed by atoms with Gasteiger partial charge in [0.05, 0.1) is 0 Å². The summed E-state index contributed by atoms with van der Waals surface area (Å²) in [5.41, 5.74) is 3.55. The second-order valence-corrected chi connectivity index (χ2v) is 5.59. The molecule has 1 N–H and O–H groups in total. The highest BCUT2D eigenvalue weighted by Gasteiger charge is 2.05. The fourth-order valence-electron chi connectivity index (χ4n) is 1.89. The van der Waals surface area contributed by atoms with Crippen LogP contribution >= 0.6 is 15.9 Å². The smallest absolute Gasteiger partial charge is 0.123 e. The van der Waals surface area contributed by atoms with Crippen LogP contribution in [0.4, 0.5) is 4.39 Å². The van der Waals surface area contributed by atoms with Crippen molar-refractivity contribution in [1.29, 1.82) is 0 Å². The molecule has 2 rings (SSSR count). The summed E-state index contributed by atoms with van der Waals surface area (Å²) >= 11 is 3.54. The van der Waals surface area contributed by atoms with Gasteiger partial charge in [-0.25, -0.2) is 4.39 Å². The molecule has 19 heavy (non-hydrogen) atoms.